The van der Waals surface area contributed by atoms with E-state index in [9.17, 15) is 0 Å². The topological polar surface area (TPSA) is 9.86 Å². The molecule has 2 aromatic heterocycles. The van der Waals surface area contributed by atoms with Crippen LogP contribution in [-0.4, -0.2) is 9.13 Å². The van der Waals surface area contributed by atoms with E-state index in [4.69, 9.17) is 0 Å². The summed E-state index contributed by atoms with van der Waals surface area (Å²) >= 11 is 0. The Bertz CT molecular complexity index is 2780. The SMILES string of the molecule is c1ccc(-c2ccc(-n3c4ccccc4c4c3ccc3c5ccc6ccccc6c5n(-c5ccc(-c6ccccc6)cc5)c34)cc2)cc1. The minimum absolute atomic E-state index is 1.15. The average molecular weight is 611 g/mol. The molecule has 8 aromatic carbocycles. The maximum Gasteiger partial charge on any atom is 0.0641 e. The second-order valence-electron chi connectivity index (χ2n) is 12.6. The molecule has 0 aliphatic carbocycles. The van der Waals surface area contributed by atoms with E-state index in [-0.39, 0.29) is 0 Å². The molecule has 0 bridgehead atoms. The van der Waals surface area contributed by atoms with Gasteiger partial charge in [-0.1, -0.05) is 146 Å². The molecular formula is C46H30N2. The quantitative estimate of drug-likeness (QED) is 0.188. The largest absolute Gasteiger partial charge is 0.309 e. The molecule has 0 unspecified atom stereocenters. The normalized spacial score (nSPS) is 11.8. The van der Waals surface area contributed by atoms with Gasteiger partial charge in [0, 0.05) is 38.3 Å². The predicted molar refractivity (Wildman–Crippen MR) is 203 cm³/mol. The van der Waals surface area contributed by atoms with E-state index in [0.29, 0.717) is 0 Å². The number of hydrogen-bond acceptors (Lipinski definition) is 0. The third-order valence-corrected chi connectivity index (χ3v) is 9.91. The Hall–Kier alpha value is -6.38. The summed E-state index contributed by atoms with van der Waals surface area (Å²) in [6.45, 7) is 0. The fourth-order valence-corrected chi connectivity index (χ4v) is 7.72. The van der Waals surface area contributed by atoms with Gasteiger partial charge in [-0.25, -0.2) is 0 Å². The summed E-state index contributed by atoms with van der Waals surface area (Å²) < 4.78 is 4.94. The van der Waals surface area contributed by atoms with E-state index in [1.165, 1.54) is 76.6 Å². The van der Waals surface area contributed by atoms with Crippen LogP contribution >= 0.6 is 0 Å². The van der Waals surface area contributed by atoms with E-state index in [2.05, 4.69) is 191 Å². The van der Waals surface area contributed by atoms with Gasteiger partial charge in [0.2, 0.25) is 0 Å². The number of para-hydroxylation sites is 1. The molecule has 0 fully saturated rings. The molecular weight excluding hydrogens is 581 g/mol. The summed E-state index contributed by atoms with van der Waals surface area (Å²) in [7, 11) is 0. The minimum atomic E-state index is 1.15. The minimum Gasteiger partial charge on any atom is -0.309 e. The number of benzene rings is 8. The van der Waals surface area contributed by atoms with Crippen molar-refractivity contribution >= 4 is 54.4 Å². The molecule has 10 aromatic rings. The van der Waals surface area contributed by atoms with Gasteiger partial charge in [-0.05, 0) is 64.0 Å². The standard InChI is InChI=1S/C46H30N2/c1-3-11-31(12-4-1)33-19-24-36(25-20-33)47-42-18-10-9-17-41(42)44-43(47)30-29-40-39-28-23-35-15-7-8-16-38(35)45(39)48(46(40)44)37-26-21-34(22-27-37)32-13-5-2-6-14-32/h1-30H. The fourth-order valence-electron chi connectivity index (χ4n) is 7.72. The summed E-state index contributed by atoms with van der Waals surface area (Å²) in [5, 5.41) is 7.54. The van der Waals surface area contributed by atoms with Crippen LogP contribution in [0, 0.1) is 0 Å². The Morgan fingerprint density at radius 1 is 0.271 bits per heavy atom. The van der Waals surface area contributed by atoms with Crippen LogP contribution in [0.5, 0.6) is 0 Å². The number of hydrogen-bond donors (Lipinski definition) is 0. The van der Waals surface area contributed by atoms with Gasteiger partial charge in [-0.15, -0.1) is 0 Å². The molecule has 224 valence electrons. The molecule has 0 aliphatic rings. The highest BCUT2D eigenvalue weighted by Crippen LogP contribution is 2.44. The summed E-state index contributed by atoms with van der Waals surface area (Å²) in [5.41, 5.74) is 12.1. The van der Waals surface area contributed by atoms with Crippen molar-refractivity contribution in [2.45, 2.75) is 0 Å². The molecule has 0 radical (unpaired) electrons. The molecule has 0 saturated carbocycles. The van der Waals surface area contributed by atoms with Crippen LogP contribution in [0.2, 0.25) is 0 Å². The maximum atomic E-state index is 2.51. The van der Waals surface area contributed by atoms with Crippen molar-refractivity contribution in [3.05, 3.63) is 182 Å². The van der Waals surface area contributed by atoms with Crippen molar-refractivity contribution in [3.8, 4) is 33.6 Å². The summed E-state index contributed by atoms with van der Waals surface area (Å²) in [6, 6.07) is 66.1. The molecule has 10 rings (SSSR count). The zero-order chi connectivity index (χ0) is 31.6. The molecule has 2 heterocycles. The van der Waals surface area contributed by atoms with Crippen molar-refractivity contribution < 1.29 is 0 Å². The average Bonchev–Trinajstić information content (AvgIpc) is 3.69. The molecule has 0 N–H and O–H groups in total. The lowest BCUT2D eigenvalue weighted by Gasteiger charge is -2.12. The molecule has 0 aliphatic heterocycles. The lowest BCUT2D eigenvalue weighted by Crippen LogP contribution is -1.96. The van der Waals surface area contributed by atoms with Gasteiger partial charge in [-0.2, -0.15) is 0 Å². The molecule has 0 amide bonds. The summed E-state index contributed by atoms with van der Waals surface area (Å²) in [6.07, 6.45) is 0. The number of nitrogens with zero attached hydrogens (tertiary/aromatic N) is 2. The van der Waals surface area contributed by atoms with Gasteiger partial charge in [0.1, 0.15) is 0 Å². The van der Waals surface area contributed by atoms with Crippen molar-refractivity contribution in [2.75, 3.05) is 0 Å². The zero-order valence-corrected chi connectivity index (χ0v) is 26.2. The smallest absolute Gasteiger partial charge is 0.0641 e. The second-order valence-corrected chi connectivity index (χ2v) is 12.6. The molecule has 2 heteroatoms. The van der Waals surface area contributed by atoms with Gasteiger partial charge >= 0.3 is 0 Å². The van der Waals surface area contributed by atoms with E-state index in [1.807, 2.05) is 0 Å². The van der Waals surface area contributed by atoms with Crippen molar-refractivity contribution in [3.63, 3.8) is 0 Å². The van der Waals surface area contributed by atoms with Crippen LogP contribution in [0.3, 0.4) is 0 Å². The van der Waals surface area contributed by atoms with Gasteiger partial charge < -0.3 is 9.13 Å². The Kier molecular flexibility index (Phi) is 5.91. The van der Waals surface area contributed by atoms with Crippen molar-refractivity contribution in [1.29, 1.82) is 0 Å². The summed E-state index contributed by atoms with van der Waals surface area (Å²) in [4.78, 5) is 0. The molecule has 48 heavy (non-hydrogen) atoms. The highest BCUT2D eigenvalue weighted by Gasteiger charge is 2.22. The lowest BCUT2D eigenvalue weighted by atomic mass is 10.0. The molecule has 0 atom stereocenters. The van der Waals surface area contributed by atoms with E-state index < -0.39 is 0 Å². The predicted octanol–water partition coefficient (Wildman–Crippen LogP) is 12.4. The Morgan fingerprint density at radius 3 is 1.44 bits per heavy atom. The highest BCUT2D eigenvalue weighted by atomic mass is 15.0. The molecule has 0 saturated heterocycles. The first-order valence-corrected chi connectivity index (χ1v) is 16.5. The van der Waals surface area contributed by atoms with Crippen LogP contribution in [0.4, 0.5) is 0 Å². The number of aromatic nitrogens is 2. The van der Waals surface area contributed by atoms with E-state index >= 15 is 0 Å². The lowest BCUT2D eigenvalue weighted by molar-refractivity contribution is 1.18. The molecule has 2 nitrogen and oxygen atoms in total. The van der Waals surface area contributed by atoms with Gasteiger partial charge in [0.25, 0.3) is 0 Å². The zero-order valence-electron chi connectivity index (χ0n) is 26.2. The number of rotatable bonds is 4. The van der Waals surface area contributed by atoms with Crippen LogP contribution < -0.4 is 0 Å². The third kappa shape index (κ3) is 4.00. The third-order valence-electron chi connectivity index (χ3n) is 9.91. The highest BCUT2D eigenvalue weighted by molar-refractivity contribution is 6.28. The summed E-state index contributed by atoms with van der Waals surface area (Å²) in [5.74, 6) is 0. The first-order chi connectivity index (χ1) is 23.8. The molecule has 0 spiro atoms. The van der Waals surface area contributed by atoms with Gasteiger partial charge in [0.15, 0.2) is 0 Å². The number of fused-ring (bicyclic) bond motifs is 9. The first kappa shape index (κ1) is 26.8. The van der Waals surface area contributed by atoms with Crippen molar-refractivity contribution in [1.82, 2.24) is 9.13 Å². The Labute approximate surface area is 278 Å². The van der Waals surface area contributed by atoms with E-state index in [1.54, 1.807) is 0 Å². The first-order valence-electron chi connectivity index (χ1n) is 16.5. The van der Waals surface area contributed by atoms with Crippen LogP contribution in [0.25, 0.3) is 88.0 Å². The van der Waals surface area contributed by atoms with Crippen LogP contribution in [-0.2, 0) is 0 Å². The monoisotopic (exact) mass is 610 g/mol. The van der Waals surface area contributed by atoms with Crippen LogP contribution in [0.15, 0.2) is 182 Å². The Morgan fingerprint density at radius 2 is 0.771 bits per heavy atom. The second kappa shape index (κ2) is 10.6. The van der Waals surface area contributed by atoms with Crippen molar-refractivity contribution in [2.24, 2.45) is 0 Å². The van der Waals surface area contributed by atoms with Crippen LogP contribution in [0.1, 0.15) is 0 Å². The Balaban J connectivity index is 1.30. The fraction of sp³-hybridized carbons (Fsp3) is 0. The van der Waals surface area contributed by atoms with Gasteiger partial charge in [-0.3, -0.25) is 0 Å². The van der Waals surface area contributed by atoms with Gasteiger partial charge in [0.05, 0.1) is 22.1 Å². The maximum absolute atomic E-state index is 2.51. The van der Waals surface area contributed by atoms with E-state index in [0.717, 1.165) is 11.4 Å².